The summed E-state index contributed by atoms with van der Waals surface area (Å²) in [5.74, 6) is 0. The molecular weight excluding hydrogens is 122 g/mol. The van der Waals surface area contributed by atoms with Crippen LogP contribution in [0, 0.1) is 0 Å². The topological polar surface area (TPSA) is 58.6 Å². The van der Waals surface area contributed by atoms with Crippen LogP contribution >= 0.6 is 0 Å². The number of hydrogen-bond acceptors (Lipinski definition) is 3. The van der Waals surface area contributed by atoms with Gasteiger partial charge in [-0.1, -0.05) is 6.92 Å². The summed E-state index contributed by atoms with van der Waals surface area (Å²) in [5, 5.41) is 11.1. The molecule has 0 aromatic heterocycles. The van der Waals surface area contributed by atoms with Gasteiger partial charge in [0.05, 0.1) is 0 Å². The minimum absolute atomic E-state index is 0.363. The number of hydrogen-bond donors (Lipinski definition) is 2. The van der Waals surface area contributed by atoms with Crippen molar-refractivity contribution in [1.82, 2.24) is 5.32 Å². The molecule has 0 saturated carbocycles. The number of aliphatic hydroxyl groups is 1. The van der Waals surface area contributed by atoms with Crippen molar-refractivity contribution in [3.63, 3.8) is 0 Å². The number of carbonyl (C=O) groups is 1. The molecule has 1 saturated heterocycles. The minimum Gasteiger partial charge on any atom is -0.441 e. The van der Waals surface area contributed by atoms with Crippen LogP contribution in [0.2, 0.25) is 0 Å². The summed E-state index contributed by atoms with van der Waals surface area (Å²) >= 11 is 0. The Balaban J connectivity index is 2.47. The Morgan fingerprint density at radius 3 is 2.78 bits per heavy atom. The van der Waals surface area contributed by atoms with Crippen LogP contribution in [0.3, 0.4) is 0 Å². The first-order valence-electron chi connectivity index (χ1n) is 2.89. The molecular formula is C5H9NO3. The summed E-state index contributed by atoms with van der Waals surface area (Å²) in [4.78, 5) is 10.3. The van der Waals surface area contributed by atoms with Gasteiger partial charge in [0.2, 0.25) is 0 Å². The van der Waals surface area contributed by atoms with Crippen LogP contribution in [0.25, 0.3) is 0 Å². The van der Waals surface area contributed by atoms with E-state index in [0.29, 0.717) is 6.42 Å². The lowest BCUT2D eigenvalue weighted by atomic mass is 10.2. The Bertz CT molecular complexity index is 125. The molecule has 0 aliphatic carbocycles. The van der Waals surface area contributed by atoms with Crippen LogP contribution in [0.1, 0.15) is 13.3 Å². The van der Waals surface area contributed by atoms with E-state index in [1.54, 1.807) is 0 Å². The molecule has 2 unspecified atom stereocenters. The Morgan fingerprint density at radius 2 is 2.56 bits per heavy atom. The monoisotopic (exact) mass is 131 g/mol. The summed E-state index contributed by atoms with van der Waals surface area (Å²) in [7, 11) is 0. The number of aliphatic hydroxyl groups excluding tert-OH is 1. The fraction of sp³-hybridized carbons (Fsp3) is 0.800. The van der Waals surface area contributed by atoms with Crippen molar-refractivity contribution in [3.8, 4) is 0 Å². The molecule has 4 heteroatoms. The number of cyclic esters (lactones) is 1. The molecule has 2 atom stereocenters. The van der Waals surface area contributed by atoms with Gasteiger partial charge in [-0.25, -0.2) is 4.79 Å². The summed E-state index contributed by atoms with van der Waals surface area (Å²) in [6.07, 6.45) is -1.07. The fourth-order valence-electron chi connectivity index (χ4n) is 0.756. The molecule has 4 nitrogen and oxygen atoms in total. The van der Waals surface area contributed by atoms with Crippen molar-refractivity contribution >= 4 is 6.09 Å². The van der Waals surface area contributed by atoms with E-state index in [-0.39, 0.29) is 6.10 Å². The quantitative estimate of drug-likeness (QED) is 0.519. The molecule has 1 fully saturated rings. The van der Waals surface area contributed by atoms with Crippen LogP contribution in [-0.2, 0) is 4.74 Å². The predicted octanol–water partition coefficient (Wildman–Crippen LogP) is -0.177. The van der Waals surface area contributed by atoms with E-state index in [0.717, 1.165) is 0 Å². The van der Waals surface area contributed by atoms with Gasteiger partial charge in [0, 0.05) is 0 Å². The minimum atomic E-state index is -0.817. The largest absolute Gasteiger partial charge is 0.441 e. The molecule has 0 aromatic rings. The van der Waals surface area contributed by atoms with Gasteiger partial charge in [0.1, 0.15) is 6.10 Å². The van der Waals surface area contributed by atoms with E-state index >= 15 is 0 Å². The maximum atomic E-state index is 10.3. The van der Waals surface area contributed by atoms with Gasteiger partial charge in [-0.2, -0.15) is 0 Å². The van der Waals surface area contributed by atoms with Gasteiger partial charge >= 0.3 is 6.09 Å². The first-order valence-corrected chi connectivity index (χ1v) is 2.89. The smallest absolute Gasteiger partial charge is 0.409 e. The van der Waals surface area contributed by atoms with E-state index in [4.69, 9.17) is 5.11 Å². The van der Waals surface area contributed by atoms with Gasteiger partial charge in [0.15, 0.2) is 6.23 Å². The third-order valence-electron chi connectivity index (χ3n) is 1.28. The highest BCUT2D eigenvalue weighted by atomic mass is 16.6. The molecule has 1 heterocycles. The van der Waals surface area contributed by atoms with Crippen LogP contribution in [0.15, 0.2) is 0 Å². The van der Waals surface area contributed by atoms with Crippen LogP contribution in [0.4, 0.5) is 4.79 Å². The maximum Gasteiger partial charge on any atom is 0.409 e. The summed E-state index contributed by atoms with van der Waals surface area (Å²) < 4.78 is 4.62. The van der Waals surface area contributed by atoms with E-state index in [1.165, 1.54) is 0 Å². The number of alkyl carbamates (subject to hydrolysis) is 1. The van der Waals surface area contributed by atoms with Crippen molar-refractivity contribution < 1.29 is 14.6 Å². The zero-order valence-electron chi connectivity index (χ0n) is 5.13. The van der Waals surface area contributed by atoms with Crippen LogP contribution in [-0.4, -0.2) is 23.5 Å². The third-order valence-corrected chi connectivity index (χ3v) is 1.28. The number of nitrogens with one attached hydrogen (secondary N) is 1. The summed E-state index contributed by atoms with van der Waals surface area (Å²) in [5.41, 5.74) is 0. The molecule has 52 valence electrons. The maximum absolute atomic E-state index is 10.3. The summed E-state index contributed by atoms with van der Waals surface area (Å²) in [6, 6.07) is 0. The van der Waals surface area contributed by atoms with E-state index in [9.17, 15) is 4.79 Å². The first-order chi connectivity index (χ1) is 4.24. The lowest BCUT2D eigenvalue weighted by Crippen LogP contribution is -2.30. The number of carbonyl (C=O) groups excluding carboxylic acids is 1. The number of ether oxygens (including phenoxy) is 1. The average molecular weight is 131 g/mol. The van der Waals surface area contributed by atoms with E-state index in [2.05, 4.69) is 10.1 Å². The van der Waals surface area contributed by atoms with Gasteiger partial charge < -0.3 is 9.84 Å². The standard InChI is InChI=1S/C5H9NO3/c1-2-3-4(7)6-5(8)9-3/h3-4,7H,2H2,1H3,(H,6,8). The lowest BCUT2D eigenvalue weighted by Gasteiger charge is -2.06. The molecule has 1 aliphatic heterocycles. The number of rotatable bonds is 1. The second kappa shape index (κ2) is 2.23. The number of amides is 1. The third kappa shape index (κ3) is 1.13. The molecule has 0 bridgehead atoms. The Labute approximate surface area is 52.8 Å². The molecule has 0 radical (unpaired) electrons. The van der Waals surface area contributed by atoms with E-state index < -0.39 is 12.3 Å². The average Bonchev–Trinajstić information content (AvgIpc) is 2.10. The lowest BCUT2D eigenvalue weighted by molar-refractivity contribution is 0.0546. The van der Waals surface area contributed by atoms with Crippen LogP contribution < -0.4 is 5.32 Å². The molecule has 1 aliphatic rings. The molecule has 0 aromatic carbocycles. The Morgan fingerprint density at radius 1 is 1.89 bits per heavy atom. The highest BCUT2D eigenvalue weighted by Gasteiger charge is 2.30. The van der Waals surface area contributed by atoms with Gasteiger partial charge in [0.25, 0.3) is 0 Å². The molecule has 9 heavy (non-hydrogen) atoms. The highest BCUT2D eigenvalue weighted by molar-refractivity contribution is 5.69. The first kappa shape index (κ1) is 6.35. The second-order valence-electron chi connectivity index (χ2n) is 1.94. The molecule has 2 N–H and O–H groups in total. The Hall–Kier alpha value is -0.770. The summed E-state index contributed by atoms with van der Waals surface area (Å²) in [6.45, 7) is 1.84. The van der Waals surface area contributed by atoms with Crippen molar-refractivity contribution in [1.29, 1.82) is 0 Å². The SMILES string of the molecule is CCC1OC(=O)NC1O. The van der Waals surface area contributed by atoms with Gasteiger partial charge in [-0.05, 0) is 6.42 Å². The zero-order valence-corrected chi connectivity index (χ0v) is 5.13. The molecule has 1 amide bonds. The molecule has 0 spiro atoms. The Kier molecular flexibility index (Phi) is 1.57. The van der Waals surface area contributed by atoms with E-state index in [1.807, 2.05) is 6.92 Å². The second-order valence-corrected chi connectivity index (χ2v) is 1.94. The predicted molar refractivity (Wildman–Crippen MR) is 29.7 cm³/mol. The molecule has 1 rings (SSSR count). The van der Waals surface area contributed by atoms with Crippen LogP contribution in [0.5, 0.6) is 0 Å². The van der Waals surface area contributed by atoms with Gasteiger partial charge in [-0.15, -0.1) is 0 Å². The zero-order chi connectivity index (χ0) is 6.85. The van der Waals surface area contributed by atoms with Crippen molar-refractivity contribution in [2.45, 2.75) is 25.7 Å². The van der Waals surface area contributed by atoms with Crippen molar-refractivity contribution in [2.75, 3.05) is 0 Å². The van der Waals surface area contributed by atoms with Crippen molar-refractivity contribution in [3.05, 3.63) is 0 Å². The highest BCUT2D eigenvalue weighted by Crippen LogP contribution is 2.08. The normalized spacial score (nSPS) is 33.8. The fourth-order valence-corrected chi connectivity index (χ4v) is 0.756. The van der Waals surface area contributed by atoms with Gasteiger partial charge in [-0.3, -0.25) is 5.32 Å². The van der Waals surface area contributed by atoms with Crippen molar-refractivity contribution in [2.24, 2.45) is 0 Å².